The smallest absolute Gasteiger partial charge is 0.220 e. The summed E-state index contributed by atoms with van der Waals surface area (Å²) in [6.45, 7) is 8.21. The highest BCUT2D eigenvalue weighted by molar-refractivity contribution is 5.78. The van der Waals surface area contributed by atoms with Gasteiger partial charge in [-0.1, -0.05) is 26.7 Å². The van der Waals surface area contributed by atoms with Crippen molar-refractivity contribution in [2.75, 3.05) is 52.7 Å². The van der Waals surface area contributed by atoms with Crippen LogP contribution in [-0.2, 0) is 28.6 Å². The minimum Gasteiger partial charge on any atom is -0.379 e. The van der Waals surface area contributed by atoms with Crippen LogP contribution in [0.3, 0.4) is 0 Å². The zero-order valence-corrected chi connectivity index (χ0v) is 18.2. The lowest BCUT2D eigenvalue weighted by atomic mass is 10.1. The van der Waals surface area contributed by atoms with Crippen LogP contribution in [0.2, 0.25) is 0 Å². The zero-order chi connectivity index (χ0) is 21.6. The molecular weight excluding hydrogens is 376 g/mol. The largest absolute Gasteiger partial charge is 0.379 e. The lowest BCUT2D eigenvalue weighted by Gasteiger charge is -2.08. The van der Waals surface area contributed by atoms with Crippen molar-refractivity contribution in [3.05, 3.63) is 0 Å². The molecule has 0 radical (unpaired) electrons. The van der Waals surface area contributed by atoms with Crippen molar-refractivity contribution < 1.29 is 28.6 Å². The third kappa shape index (κ3) is 22.6. The molecule has 0 aliphatic heterocycles. The van der Waals surface area contributed by atoms with E-state index in [1.807, 2.05) is 0 Å². The van der Waals surface area contributed by atoms with Gasteiger partial charge in [0.2, 0.25) is 11.8 Å². The molecule has 170 valence electrons. The van der Waals surface area contributed by atoms with Gasteiger partial charge in [0.1, 0.15) is 6.29 Å². The summed E-state index contributed by atoms with van der Waals surface area (Å²) in [7, 11) is 0. The quantitative estimate of drug-likeness (QED) is 0.219. The molecule has 0 saturated carbocycles. The lowest BCUT2D eigenvalue weighted by molar-refractivity contribution is -0.122. The Bertz CT molecular complexity index is 418. The van der Waals surface area contributed by atoms with Gasteiger partial charge in [-0.3, -0.25) is 9.59 Å². The highest BCUT2D eigenvalue weighted by Gasteiger charge is 2.05. The van der Waals surface area contributed by atoms with Crippen LogP contribution < -0.4 is 10.6 Å². The van der Waals surface area contributed by atoms with Crippen LogP contribution in [0.5, 0.6) is 0 Å². The predicted molar refractivity (Wildman–Crippen MR) is 112 cm³/mol. The Morgan fingerprint density at radius 3 is 1.90 bits per heavy atom. The van der Waals surface area contributed by atoms with Crippen molar-refractivity contribution in [3.63, 3.8) is 0 Å². The zero-order valence-electron chi connectivity index (χ0n) is 18.2. The number of ether oxygens (including phenoxy) is 3. The van der Waals surface area contributed by atoms with Gasteiger partial charge in [0.05, 0.1) is 39.6 Å². The van der Waals surface area contributed by atoms with E-state index in [0.717, 1.165) is 19.1 Å². The van der Waals surface area contributed by atoms with Crippen molar-refractivity contribution in [1.29, 1.82) is 0 Å². The fraction of sp³-hybridized carbons (Fsp3) is 0.857. The second-order valence-electron chi connectivity index (χ2n) is 7.24. The van der Waals surface area contributed by atoms with Gasteiger partial charge >= 0.3 is 0 Å². The van der Waals surface area contributed by atoms with Gasteiger partial charge in [-0.25, -0.2) is 0 Å². The first-order valence-corrected chi connectivity index (χ1v) is 10.8. The molecule has 0 aromatic heterocycles. The van der Waals surface area contributed by atoms with Crippen molar-refractivity contribution in [2.45, 2.75) is 58.8 Å². The molecule has 0 unspecified atom stereocenters. The molecular formula is C21H40N2O6. The molecule has 0 bridgehead atoms. The third-order valence-corrected chi connectivity index (χ3v) is 4.03. The van der Waals surface area contributed by atoms with Crippen LogP contribution in [0, 0.1) is 5.92 Å². The first-order chi connectivity index (χ1) is 14.1. The van der Waals surface area contributed by atoms with Crippen LogP contribution in [0.15, 0.2) is 0 Å². The molecule has 2 N–H and O–H groups in total. The van der Waals surface area contributed by atoms with Crippen LogP contribution in [-0.4, -0.2) is 70.8 Å². The number of hydrogen-bond donors (Lipinski definition) is 2. The Morgan fingerprint density at radius 2 is 1.31 bits per heavy atom. The number of aldehydes is 1. The molecule has 0 heterocycles. The Balaban J connectivity index is 3.31. The molecule has 0 aliphatic carbocycles. The second kappa shape index (κ2) is 21.2. The number of unbranched alkanes of at least 4 members (excludes halogenated alkanes) is 1. The van der Waals surface area contributed by atoms with Gasteiger partial charge in [-0.15, -0.1) is 0 Å². The summed E-state index contributed by atoms with van der Waals surface area (Å²) in [6.07, 6.45) is 5.81. The van der Waals surface area contributed by atoms with Crippen molar-refractivity contribution in [3.8, 4) is 0 Å². The predicted octanol–water partition coefficient (Wildman–Crippen LogP) is 1.85. The monoisotopic (exact) mass is 416 g/mol. The lowest BCUT2D eigenvalue weighted by Crippen LogP contribution is -2.28. The Morgan fingerprint density at radius 1 is 0.759 bits per heavy atom. The van der Waals surface area contributed by atoms with Crippen molar-refractivity contribution in [2.24, 2.45) is 5.92 Å². The van der Waals surface area contributed by atoms with E-state index in [2.05, 4.69) is 24.5 Å². The van der Waals surface area contributed by atoms with E-state index in [4.69, 9.17) is 14.2 Å². The molecule has 8 nitrogen and oxygen atoms in total. The number of carbonyl (C=O) groups excluding carboxylic acids is 3. The Labute approximate surface area is 175 Å². The Hall–Kier alpha value is -1.51. The number of amides is 2. The standard InChI is InChI=1S/C21H40N2O6/c1-19(2)7-3-4-10-22-20(25)8-5-9-21(26)23-11-14-28-16-18-29-17-15-27-13-6-12-24/h12,19H,3-11,13-18H2,1-2H3,(H,22,25)(H,23,26). The first kappa shape index (κ1) is 27.5. The number of rotatable bonds is 21. The molecule has 0 rings (SSSR count). The maximum absolute atomic E-state index is 11.7. The van der Waals surface area contributed by atoms with Gasteiger partial charge in [-0.05, 0) is 18.8 Å². The summed E-state index contributed by atoms with van der Waals surface area (Å²) in [5.74, 6) is 0.649. The summed E-state index contributed by atoms with van der Waals surface area (Å²) >= 11 is 0. The average Bonchev–Trinajstić information content (AvgIpc) is 2.68. The van der Waals surface area contributed by atoms with E-state index in [0.29, 0.717) is 84.3 Å². The number of nitrogens with one attached hydrogen (secondary N) is 2. The third-order valence-electron chi connectivity index (χ3n) is 4.03. The van der Waals surface area contributed by atoms with Gasteiger partial charge in [0, 0.05) is 32.4 Å². The van der Waals surface area contributed by atoms with E-state index in [1.54, 1.807) is 0 Å². The van der Waals surface area contributed by atoms with Gasteiger partial charge in [0.15, 0.2) is 0 Å². The topological polar surface area (TPSA) is 103 Å². The summed E-state index contributed by atoms with van der Waals surface area (Å²) in [4.78, 5) is 33.5. The highest BCUT2D eigenvalue weighted by atomic mass is 16.5. The highest BCUT2D eigenvalue weighted by Crippen LogP contribution is 2.05. The second-order valence-corrected chi connectivity index (χ2v) is 7.24. The Kier molecular flexibility index (Phi) is 20.1. The molecule has 8 heteroatoms. The van der Waals surface area contributed by atoms with Crippen molar-refractivity contribution >= 4 is 18.1 Å². The summed E-state index contributed by atoms with van der Waals surface area (Å²) in [6, 6.07) is 0. The number of hydrogen-bond acceptors (Lipinski definition) is 6. The van der Waals surface area contributed by atoms with Crippen molar-refractivity contribution in [1.82, 2.24) is 10.6 Å². The molecule has 29 heavy (non-hydrogen) atoms. The minimum absolute atomic E-state index is 0.0137. The van der Waals surface area contributed by atoms with E-state index >= 15 is 0 Å². The van der Waals surface area contributed by atoms with Gasteiger partial charge < -0.3 is 29.6 Å². The van der Waals surface area contributed by atoms with E-state index in [1.165, 1.54) is 6.42 Å². The van der Waals surface area contributed by atoms with Gasteiger partial charge in [-0.2, -0.15) is 0 Å². The average molecular weight is 417 g/mol. The SMILES string of the molecule is CC(C)CCCCNC(=O)CCCC(=O)NCCOCCOCCOCCC=O. The molecule has 0 fully saturated rings. The molecule has 0 aromatic carbocycles. The first-order valence-electron chi connectivity index (χ1n) is 10.8. The van der Waals surface area contributed by atoms with Crippen LogP contribution in [0.25, 0.3) is 0 Å². The molecule has 0 aromatic rings. The van der Waals surface area contributed by atoms with E-state index in [9.17, 15) is 14.4 Å². The maximum Gasteiger partial charge on any atom is 0.220 e. The molecule has 2 amide bonds. The molecule has 0 saturated heterocycles. The minimum atomic E-state index is -0.0675. The summed E-state index contributed by atoms with van der Waals surface area (Å²) < 4.78 is 15.8. The van der Waals surface area contributed by atoms with E-state index in [-0.39, 0.29) is 11.8 Å². The summed E-state index contributed by atoms with van der Waals surface area (Å²) in [5, 5.41) is 5.67. The summed E-state index contributed by atoms with van der Waals surface area (Å²) in [5.41, 5.74) is 0. The fourth-order valence-corrected chi connectivity index (χ4v) is 2.43. The molecule has 0 spiro atoms. The molecule has 0 atom stereocenters. The number of carbonyl (C=O) groups is 3. The fourth-order valence-electron chi connectivity index (χ4n) is 2.43. The molecule has 0 aliphatic rings. The van der Waals surface area contributed by atoms with E-state index < -0.39 is 0 Å². The normalized spacial score (nSPS) is 10.9. The van der Waals surface area contributed by atoms with Crippen LogP contribution >= 0.6 is 0 Å². The van der Waals surface area contributed by atoms with Crippen LogP contribution in [0.1, 0.15) is 58.8 Å². The van der Waals surface area contributed by atoms with Gasteiger partial charge in [0.25, 0.3) is 0 Å². The maximum atomic E-state index is 11.7. The van der Waals surface area contributed by atoms with Crippen LogP contribution in [0.4, 0.5) is 0 Å².